The highest BCUT2D eigenvalue weighted by Gasteiger charge is 2.03. The molecule has 5 heteroatoms. The third kappa shape index (κ3) is 2.25. The first-order valence-corrected chi connectivity index (χ1v) is 5.59. The number of hydrogen-bond donors (Lipinski definition) is 3. The van der Waals surface area contributed by atoms with E-state index in [-0.39, 0.29) is 5.75 Å². The zero-order valence-corrected chi connectivity index (χ0v) is 9.22. The molecule has 1 aromatic heterocycles. The Morgan fingerprint density at radius 2 is 2.19 bits per heavy atom. The van der Waals surface area contributed by atoms with Crippen molar-refractivity contribution in [3.63, 3.8) is 0 Å². The quantitative estimate of drug-likeness (QED) is 0.721. The topological polar surface area (TPSA) is 58.3 Å². The predicted molar refractivity (Wildman–Crippen MR) is 64.1 cm³/mol. The fraction of sp³-hybridized carbons (Fsp3) is 0.0909. The normalized spacial score (nSPS) is 10.3. The summed E-state index contributed by atoms with van der Waals surface area (Å²) in [5, 5.41) is 14.0. The number of nitrogens with two attached hydrogens (primary N) is 1. The van der Waals surface area contributed by atoms with Crippen LogP contribution in [0.3, 0.4) is 0 Å². The Kier molecular flexibility index (Phi) is 2.96. The smallest absolute Gasteiger partial charge is 0.166 e. The van der Waals surface area contributed by atoms with Gasteiger partial charge in [0.25, 0.3) is 0 Å². The number of aromatic hydroxyl groups is 1. The van der Waals surface area contributed by atoms with Crippen molar-refractivity contribution >= 4 is 22.7 Å². The molecule has 0 aliphatic rings. The van der Waals surface area contributed by atoms with E-state index in [1.54, 1.807) is 17.4 Å². The van der Waals surface area contributed by atoms with E-state index in [0.717, 1.165) is 10.6 Å². The SMILES string of the molecule is Nc1ccsc1CNc1ccc(O)c(F)c1. The van der Waals surface area contributed by atoms with Crippen LogP contribution in [0.25, 0.3) is 0 Å². The Morgan fingerprint density at radius 3 is 2.81 bits per heavy atom. The maximum Gasteiger partial charge on any atom is 0.166 e. The van der Waals surface area contributed by atoms with Crippen molar-refractivity contribution in [2.24, 2.45) is 0 Å². The van der Waals surface area contributed by atoms with E-state index in [9.17, 15) is 4.39 Å². The predicted octanol–water partition coefficient (Wildman–Crippen LogP) is 2.79. The average molecular weight is 238 g/mol. The third-order valence-corrected chi connectivity index (χ3v) is 3.12. The molecular weight excluding hydrogens is 227 g/mol. The van der Waals surface area contributed by atoms with Crippen molar-refractivity contribution < 1.29 is 9.50 Å². The van der Waals surface area contributed by atoms with Gasteiger partial charge in [-0.3, -0.25) is 0 Å². The highest BCUT2D eigenvalue weighted by atomic mass is 32.1. The number of halogens is 1. The van der Waals surface area contributed by atoms with Gasteiger partial charge in [0.2, 0.25) is 0 Å². The minimum atomic E-state index is -0.635. The molecular formula is C11H11FN2OS. The summed E-state index contributed by atoms with van der Waals surface area (Å²) in [5.41, 5.74) is 7.06. The Bertz CT molecular complexity index is 498. The number of thiophene rings is 1. The summed E-state index contributed by atoms with van der Waals surface area (Å²) in [6.07, 6.45) is 0. The standard InChI is InChI=1S/C11H11FN2OS/c12-8-5-7(1-2-10(8)15)14-6-11-9(13)3-4-16-11/h1-5,14-15H,6,13H2. The molecule has 16 heavy (non-hydrogen) atoms. The van der Waals surface area contributed by atoms with Gasteiger partial charge in [-0.1, -0.05) is 0 Å². The molecule has 0 spiro atoms. The monoisotopic (exact) mass is 238 g/mol. The van der Waals surface area contributed by atoms with Crippen LogP contribution in [-0.4, -0.2) is 5.11 Å². The van der Waals surface area contributed by atoms with Gasteiger partial charge in [-0.2, -0.15) is 0 Å². The fourth-order valence-corrected chi connectivity index (χ4v) is 2.03. The number of phenols is 1. The van der Waals surface area contributed by atoms with E-state index in [0.29, 0.717) is 12.2 Å². The first-order valence-electron chi connectivity index (χ1n) is 4.71. The van der Waals surface area contributed by atoms with Crippen LogP contribution < -0.4 is 11.1 Å². The number of nitrogens with one attached hydrogen (secondary N) is 1. The van der Waals surface area contributed by atoms with E-state index < -0.39 is 5.82 Å². The summed E-state index contributed by atoms with van der Waals surface area (Å²) in [4.78, 5) is 1.01. The molecule has 0 radical (unpaired) electrons. The van der Waals surface area contributed by atoms with E-state index in [2.05, 4.69) is 5.32 Å². The van der Waals surface area contributed by atoms with Gasteiger partial charge >= 0.3 is 0 Å². The van der Waals surface area contributed by atoms with Crippen LogP contribution in [-0.2, 0) is 6.54 Å². The van der Waals surface area contributed by atoms with E-state index in [1.165, 1.54) is 12.1 Å². The first-order chi connectivity index (χ1) is 7.66. The second kappa shape index (κ2) is 4.40. The molecule has 0 fully saturated rings. The van der Waals surface area contributed by atoms with E-state index in [4.69, 9.17) is 10.8 Å². The Morgan fingerprint density at radius 1 is 1.38 bits per heavy atom. The van der Waals surface area contributed by atoms with Gasteiger partial charge in [0.05, 0.1) is 6.54 Å². The summed E-state index contributed by atoms with van der Waals surface area (Å²) in [5.74, 6) is -0.981. The molecule has 1 aromatic carbocycles. The molecule has 0 aliphatic heterocycles. The largest absolute Gasteiger partial charge is 0.505 e. The molecule has 3 nitrogen and oxygen atoms in total. The minimum absolute atomic E-state index is 0.346. The molecule has 0 unspecified atom stereocenters. The fourth-order valence-electron chi connectivity index (χ4n) is 1.29. The van der Waals surface area contributed by atoms with Crippen LogP contribution in [0.4, 0.5) is 15.8 Å². The molecule has 0 atom stereocenters. The first kappa shape index (κ1) is 10.8. The maximum atomic E-state index is 13.0. The van der Waals surface area contributed by atoms with Crippen LogP contribution in [0.2, 0.25) is 0 Å². The summed E-state index contributed by atoms with van der Waals surface area (Å²) < 4.78 is 13.0. The summed E-state index contributed by atoms with van der Waals surface area (Å²) in [6.45, 7) is 0.549. The third-order valence-electron chi connectivity index (χ3n) is 2.18. The molecule has 1 heterocycles. The lowest BCUT2D eigenvalue weighted by molar-refractivity contribution is 0.432. The summed E-state index contributed by atoms with van der Waals surface area (Å²) >= 11 is 1.55. The molecule has 0 aliphatic carbocycles. The van der Waals surface area contributed by atoms with Crippen LogP contribution in [0, 0.1) is 5.82 Å². The Balaban J connectivity index is 2.05. The number of rotatable bonds is 3. The molecule has 0 saturated heterocycles. The zero-order valence-electron chi connectivity index (χ0n) is 8.40. The van der Waals surface area contributed by atoms with Gasteiger partial charge < -0.3 is 16.2 Å². The van der Waals surface area contributed by atoms with Gasteiger partial charge in [-0.25, -0.2) is 4.39 Å². The van der Waals surface area contributed by atoms with E-state index >= 15 is 0 Å². The second-order valence-electron chi connectivity index (χ2n) is 3.32. The lowest BCUT2D eigenvalue weighted by Crippen LogP contribution is -2.00. The molecule has 0 bridgehead atoms. The molecule has 4 N–H and O–H groups in total. The van der Waals surface area contributed by atoms with Gasteiger partial charge in [-0.05, 0) is 23.6 Å². The van der Waals surface area contributed by atoms with Crippen molar-refractivity contribution in [2.45, 2.75) is 6.54 Å². The van der Waals surface area contributed by atoms with Gasteiger partial charge in [-0.15, -0.1) is 11.3 Å². The van der Waals surface area contributed by atoms with Gasteiger partial charge in [0, 0.05) is 22.3 Å². The number of anilines is 2. The number of hydrogen-bond acceptors (Lipinski definition) is 4. The van der Waals surface area contributed by atoms with Crippen LogP contribution in [0.1, 0.15) is 4.88 Å². The highest BCUT2D eigenvalue weighted by molar-refractivity contribution is 7.10. The Labute approximate surface area is 96.3 Å². The van der Waals surface area contributed by atoms with Gasteiger partial charge in [0.15, 0.2) is 11.6 Å². The Hall–Kier alpha value is -1.75. The van der Waals surface area contributed by atoms with Crippen molar-refractivity contribution in [1.82, 2.24) is 0 Å². The van der Waals surface area contributed by atoms with Crippen molar-refractivity contribution in [1.29, 1.82) is 0 Å². The summed E-state index contributed by atoms with van der Waals surface area (Å²) in [6, 6.07) is 6.01. The van der Waals surface area contributed by atoms with Crippen LogP contribution in [0.5, 0.6) is 5.75 Å². The van der Waals surface area contributed by atoms with Crippen LogP contribution >= 0.6 is 11.3 Å². The highest BCUT2D eigenvalue weighted by Crippen LogP contribution is 2.22. The number of benzene rings is 1. The number of phenolic OH excluding ortho intramolecular Hbond substituents is 1. The van der Waals surface area contributed by atoms with E-state index in [1.807, 2.05) is 11.4 Å². The molecule has 0 amide bonds. The maximum absolute atomic E-state index is 13.0. The second-order valence-corrected chi connectivity index (χ2v) is 4.32. The zero-order chi connectivity index (χ0) is 11.5. The van der Waals surface area contributed by atoms with Crippen molar-refractivity contribution in [2.75, 3.05) is 11.1 Å². The minimum Gasteiger partial charge on any atom is -0.505 e. The summed E-state index contributed by atoms with van der Waals surface area (Å²) in [7, 11) is 0. The molecule has 84 valence electrons. The van der Waals surface area contributed by atoms with Gasteiger partial charge in [0.1, 0.15) is 0 Å². The average Bonchev–Trinajstić information content (AvgIpc) is 2.66. The number of nitrogen functional groups attached to an aromatic ring is 1. The molecule has 2 rings (SSSR count). The lowest BCUT2D eigenvalue weighted by atomic mass is 10.3. The lowest BCUT2D eigenvalue weighted by Gasteiger charge is -2.06. The molecule has 2 aromatic rings. The van der Waals surface area contributed by atoms with Crippen molar-refractivity contribution in [3.8, 4) is 5.75 Å². The molecule has 0 saturated carbocycles. The van der Waals surface area contributed by atoms with Crippen molar-refractivity contribution in [3.05, 3.63) is 40.3 Å². The van der Waals surface area contributed by atoms with Crippen LogP contribution in [0.15, 0.2) is 29.6 Å².